The van der Waals surface area contributed by atoms with Gasteiger partial charge in [-0.3, -0.25) is 9.78 Å². The van der Waals surface area contributed by atoms with Gasteiger partial charge in [-0.05, 0) is 31.0 Å². The van der Waals surface area contributed by atoms with E-state index in [1.807, 2.05) is 6.07 Å². The molecule has 0 bridgehead atoms. The summed E-state index contributed by atoms with van der Waals surface area (Å²) in [5.41, 5.74) is 1.69. The van der Waals surface area contributed by atoms with E-state index in [9.17, 15) is 4.79 Å². The number of nitrogens with one attached hydrogen (secondary N) is 1. The van der Waals surface area contributed by atoms with Crippen molar-refractivity contribution in [3.8, 4) is 0 Å². The van der Waals surface area contributed by atoms with E-state index in [0.29, 0.717) is 11.7 Å². The zero-order chi connectivity index (χ0) is 9.10. The quantitative estimate of drug-likeness (QED) is 0.691. The molecule has 1 N–H and O–H groups in total. The Bertz CT molecular complexity index is 288. The molecule has 3 nitrogen and oxygen atoms in total. The van der Waals surface area contributed by atoms with Gasteiger partial charge in [-0.2, -0.15) is 0 Å². The number of nitrogens with zero attached hydrogens (tertiary/aromatic N) is 1. The maximum absolute atomic E-state index is 10.4. The first kappa shape index (κ1) is 8.38. The van der Waals surface area contributed by atoms with E-state index >= 15 is 0 Å². The van der Waals surface area contributed by atoms with E-state index in [2.05, 4.69) is 10.3 Å². The molecule has 2 heterocycles. The summed E-state index contributed by atoms with van der Waals surface area (Å²) < 4.78 is 0. The van der Waals surface area contributed by atoms with Crippen molar-refractivity contribution >= 4 is 6.29 Å². The van der Waals surface area contributed by atoms with Crippen LogP contribution in [0.3, 0.4) is 0 Å². The lowest BCUT2D eigenvalue weighted by atomic mass is 10.1. The Labute approximate surface area is 77.2 Å². The summed E-state index contributed by atoms with van der Waals surface area (Å²) in [5, 5.41) is 3.38. The van der Waals surface area contributed by atoms with Crippen molar-refractivity contribution < 1.29 is 4.79 Å². The van der Waals surface area contributed by atoms with Gasteiger partial charge in [-0.1, -0.05) is 6.07 Å². The van der Waals surface area contributed by atoms with Gasteiger partial charge < -0.3 is 5.32 Å². The molecule has 2 rings (SSSR count). The van der Waals surface area contributed by atoms with Gasteiger partial charge in [-0.15, -0.1) is 0 Å². The molecule has 1 fully saturated rings. The summed E-state index contributed by atoms with van der Waals surface area (Å²) in [6, 6.07) is 4.18. The minimum atomic E-state index is 0.438. The first-order valence-corrected chi connectivity index (χ1v) is 4.54. The molecule has 68 valence electrons. The Morgan fingerprint density at radius 1 is 1.54 bits per heavy atom. The average Bonchev–Trinajstić information content (AvgIpc) is 2.71. The highest BCUT2D eigenvalue weighted by Gasteiger charge is 2.15. The lowest BCUT2D eigenvalue weighted by Crippen LogP contribution is -2.13. The minimum Gasteiger partial charge on any atom is -0.310 e. The number of carbonyl (C=O) groups excluding carboxylic acids is 1. The maximum Gasteiger partial charge on any atom is 0.168 e. The van der Waals surface area contributed by atoms with Gasteiger partial charge in [0.15, 0.2) is 6.29 Å². The molecule has 1 aliphatic rings. The van der Waals surface area contributed by atoms with Crippen LogP contribution in [0.2, 0.25) is 0 Å². The zero-order valence-electron chi connectivity index (χ0n) is 7.36. The fraction of sp³-hybridized carbons (Fsp3) is 0.400. The van der Waals surface area contributed by atoms with E-state index < -0.39 is 0 Å². The van der Waals surface area contributed by atoms with Gasteiger partial charge in [-0.25, -0.2) is 0 Å². The zero-order valence-corrected chi connectivity index (χ0v) is 7.36. The number of hydrogen-bond donors (Lipinski definition) is 1. The van der Waals surface area contributed by atoms with Gasteiger partial charge >= 0.3 is 0 Å². The highest BCUT2D eigenvalue weighted by Crippen LogP contribution is 2.21. The molecule has 0 aliphatic carbocycles. The molecule has 1 aromatic rings. The molecule has 0 radical (unpaired) electrons. The molecule has 0 spiro atoms. The van der Waals surface area contributed by atoms with Crippen molar-refractivity contribution in [2.75, 3.05) is 6.54 Å². The highest BCUT2D eigenvalue weighted by atomic mass is 16.1. The lowest BCUT2D eigenvalue weighted by Gasteiger charge is -2.09. The Hall–Kier alpha value is -1.22. The van der Waals surface area contributed by atoms with Gasteiger partial charge in [0.05, 0.1) is 0 Å². The van der Waals surface area contributed by atoms with Crippen molar-refractivity contribution in [3.63, 3.8) is 0 Å². The number of rotatable bonds is 2. The van der Waals surface area contributed by atoms with E-state index in [1.165, 1.54) is 18.4 Å². The topological polar surface area (TPSA) is 42.0 Å². The van der Waals surface area contributed by atoms with Crippen molar-refractivity contribution in [1.82, 2.24) is 10.3 Å². The third-order valence-electron chi connectivity index (χ3n) is 2.39. The van der Waals surface area contributed by atoms with Crippen LogP contribution >= 0.6 is 0 Å². The fourth-order valence-electron chi connectivity index (χ4n) is 1.66. The molecule has 1 saturated heterocycles. The molecule has 0 amide bonds. The third kappa shape index (κ3) is 1.75. The fourth-order valence-corrected chi connectivity index (χ4v) is 1.66. The smallest absolute Gasteiger partial charge is 0.168 e. The monoisotopic (exact) mass is 176 g/mol. The van der Waals surface area contributed by atoms with Crippen LogP contribution in [-0.2, 0) is 0 Å². The largest absolute Gasteiger partial charge is 0.310 e. The second-order valence-electron chi connectivity index (χ2n) is 3.28. The Kier molecular flexibility index (Phi) is 2.36. The van der Waals surface area contributed by atoms with Crippen LogP contribution in [0.4, 0.5) is 0 Å². The summed E-state index contributed by atoms with van der Waals surface area (Å²) in [6.45, 7) is 1.08. The van der Waals surface area contributed by atoms with Crippen molar-refractivity contribution in [3.05, 3.63) is 29.6 Å². The molecule has 1 atom stereocenters. The number of pyridine rings is 1. The molecule has 13 heavy (non-hydrogen) atoms. The predicted octanol–water partition coefficient (Wildman–Crippen LogP) is 1.32. The minimum absolute atomic E-state index is 0.438. The van der Waals surface area contributed by atoms with Crippen LogP contribution in [0.25, 0.3) is 0 Å². The number of aromatic nitrogens is 1. The van der Waals surface area contributed by atoms with E-state index in [0.717, 1.165) is 12.8 Å². The van der Waals surface area contributed by atoms with E-state index in [-0.39, 0.29) is 0 Å². The molecule has 1 aromatic heterocycles. The van der Waals surface area contributed by atoms with Gasteiger partial charge in [0.25, 0.3) is 0 Å². The Morgan fingerprint density at radius 3 is 3.00 bits per heavy atom. The molecule has 0 aromatic carbocycles. The molecule has 1 aliphatic heterocycles. The SMILES string of the molecule is O=Cc1ccc(C2CCCN2)cn1. The van der Waals surface area contributed by atoms with Crippen LogP contribution in [0.15, 0.2) is 18.3 Å². The highest BCUT2D eigenvalue weighted by molar-refractivity contribution is 5.71. The van der Waals surface area contributed by atoms with Crippen LogP contribution < -0.4 is 5.32 Å². The number of carbonyl (C=O) groups is 1. The van der Waals surface area contributed by atoms with Crippen LogP contribution in [-0.4, -0.2) is 17.8 Å². The van der Waals surface area contributed by atoms with Crippen LogP contribution in [0, 0.1) is 0 Å². The van der Waals surface area contributed by atoms with Crippen LogP contribution in [0.5, 0.6) is 0 Å². The number of aldehydes is 1. The first-order valence-electron chi connectivity index (χ1n) is 4.54. The van der Waals surface area contributed by atoms with E-state index in [1.54, 1.807) is 12.3 Å². The predicted molar refractivity (Wildman–Crippen MR) is 49.6 cm³/mol. The van der Waals surface area contributed by atoms with Crippen molar-refractivity contribution in [1.29, 1.82) is 0 Å². The summed E-state index contributed by atoms with van der Waals surface area (Å²) in [4.78, 5) is 14.4. The van der Waals surface area contributed by atoms with Crippen molar-refractivity contribution in [2.45, 2.75) is 18.9 Å². The van der Waals surface area contributed by atoms with Gasteiger partial charge in [0.1, 0.15) is 5.69 Å². The van der Waals surface area contributed by atoms with E-state index in [4.69, 9.17) is 0 Å². The maximum atomic E-state index is 10.4. The summed E-state index contributed by atoms with van der Waals surface area (Å²) >= 11 is 0. The molecule has 1 unspecified atom stereocenters. The molecule has 3 heteroatoms. The molecule has 0 saturated carbocycles. The summed E-state index contributed by atoms with van der Waals surface area (Å²) in [7, 11) is 0. The standard InChI is InChI=1S/C10H12N2O/c13-7-9-4-3-8(6-12-9)10-2-1-5-11-10/h3-4,6-7,10-11H,1-2,5H2. The van der Waals surface area contributed by atoms with Gasteiger partial charge in [0.2, 0.25) is 0 Å². The molecular formula is C10H12N2O. The second kappa shape index (κ2) is 3.66. The Balaban J connectivity index is 2.16. The Morgan fingerprint density at radius 2 is 2.46 bits per heavy atom. The lowest BCUT2D eigenvalue weighted by molar-refractivity contribution is 0.111. The molecular weight excluding hydrogens is 164 g/mol. The normalized spacial score (nSPS) is 21.7. The first-order chi connectivity index (χ1) is 6.40. The third-order valence-corrected chi connectivity index (χ3v) is 2.39. The number of hydrogen-bond acceptors (Lipinski definition) is 3. The van der Waals surface area contributed by atoms with Gasteiger partial charge in [0, 0.05) is 12.2 Å². The second-order valence-corrected chi connectivity index (χ2v) is 3.28. The van der Waals surface area contributed by atoms with Crippen molar-refractivity contribution in [2.24, 2.45) is 0 Å². The summed E-state index contributed by atoms with van der Waals surface area (Å²) in [6.07, 6.45) is 4.95. The average molecular weight is 176 g/mol. The summed E-state index contributed by atoms with van der Waals surface area (Å²) in [5.74, 6) is 0. The van der Waals surface area contributed by atoms with Crippen LogP contribution in [0.1, 0.15) is 34.9 Å².